The molecule has 0 aromatic heterocycles. The Bertz CT molecular complexity index is 2500. The number of nitrogens with one attached hydrogen (secondary N) is 6. The molecule has 0 spiro atoms. The molecule has 2 aliphatic heterocycles. The fraction of sp³-hybridized carbons (Fsp3) is 0.630. The number of carbonyl (C=O) groups excluding carboxylic acids is 10. The Morgan fingerprint density at radius 1 is 0.525 bits per heavy atom. The Morgan fingerprint density at radius 3 is 1.15 bits per heavy atom. The Labute approximate surface area is 484 Å². The zero-order valence-corrected chi connectivity index (χ0v) is 52.0. The van der Waals surface area contributed by atoms with Gasteiger partial charge < -0.3 is 50.8 Å². The number of hydrogen-bond donors (Lipinski definition) is 6. The molecule has 22 nitrogen and oxygen atoms in total. The van der Waals surface area contributed by atoms with E-state index in [1.54, 1.807) is 55.4 Å². The minimum Gasteiger partial charge on any atom is -0.493 e. The summed E-state index contributed by atoms with van der Waals surface area (Å²) in [4.78, 5) is 142. The largest absolute Gasteiger partial charge is 0.493 e. The molecule has 0 saturated heterocycles. The molecule has 26 heteroatoms. The van der Waals surface area contributed by atoms with Crippen LogP contribution in [0.15, 0.2) is 12.1 Å². The fourth-order valence-corrected chi connectivity index (χ4v) is 13.2. The second-order valence-corrected chi connectivity index (χ2v) is 29.0. The molecule has 10 amide bonds. The van der Waals surface area contributed by atoms with Gasteiger partial charge >= 0.3 is 12.2 Å². The molecule has 0 fully saturated rings. The van der Waals surface area contributed by atoms with Gasteiger partial charge in [0.15, 0.2) is 0 Å². The minimum atomic E-state index is -1.44. The van der Waals surface area contributed by atoms with Gasteiger partial charge in [0.2, 0.25) is 23.6 Å². The maximum Gasteiger partial charge on any atom is 0.408 e. The number of rotatable bonds is 26. The van der Waals surface area contributed by atoms with Gasteiger partial charge in [-0.3, -0.25) is 48.2 Å². The maximum absolute atomic E-state index is 15.0. The predicted molar refractivity (Wildman–Crippen MR) is 313 cm³/mol. The second kappa shape index (κ2) is 28.4. The average molecular weight is 1190 g/mol. The predicted octanol–water partition coefficient (Wildman–Crippen LogP) is 7.00. The molecule has 4 atom stereocenters. The van der Waals surface area contributed by atoms with Crippen LogP contribution in [0.25, 0.3) is 10.8 Å². The molecule has 2 aromatic carbocycles. The van der Waals surface area contributed by atoms with Gasteiger partial charge in [-0.15, -0.1) is 0 Å². The monoisotopic (exact) mass is 1190 g/mol. The molecule has 2 heterocycles. The number of alkyl carbamates (subject to hydrolysis) is 2. The van der Waals surface area contributed by atoms with E-state index in [1.165, 1.54) is 69.4 Å². The Hall–Kier alpha value is -5.60. The summed E-state index contributed by atoms with van der Waals surface area (Å²) in [5.41, 5.74) is -2.38. The Morgan fingerprint density at radius 2 is 0.863 bits per heavy atom. The van der Waals surface area contributed by atoms with Crippen LogP contribution in [0.4, 0.5) is 9.59 Å². The van der Waals surface area contributed by atoms with Gasteiger partial charge in [-0.25, -0.2) is 9.59 Å². The van der Waals surface area contributed by atoms with E-state index in [0.29, 0.717) is 0 Å². The van der Waals surface area contributed by atoms with Crippen molar-refractivity contribution in [3.8, 4) is 11.5 Å². The zero-order chi connectivity index (χ0) is 60.2. The maximum atomic E-state index is 15.0. The smallest absolute Gasteiger partial charge is 0.408 e. The first-order valence-corrected chi connectivity index (χ1v) is 31.1. The summed E-state index contributed by atoms with van der Waals surface area (Å²) >= 11 is 0. The van der Waals surface area contributed by atoms with Gasteiger partial charge in [0.05, 0.1) is 35.5 Å². The number of benzene rings is 2. The third kappa shape index (κ3) is 18.2. The molecule has 444 valence electrons. The van der Waals surface area contributed by atoms with Crippen LogP contribution in [0.1, 0.15) is 164 Å². The molecule has 80 heavy (non-hydrogen) atoms. The quantitative estimate of drug-likeness (QED) is 0.0314. The Balaban J connectivity index is 1.67. The Kier molecular flexibility index (Phi) is 23.7. The second-order valence-electron chi connectivity index (χ2n) is 22.7. The highest BCUT2D eigenvalue weighted by Crippen LogP contribution is 2.47. The van der Waals surface area contributed by atoms with Crippen molar-refractivity contribution in [2.45, 2.75) is 167 Å². The minimum absolute atomic E-state index is 0.0275. The summed E-state index contributed by atoms with van der Waals surface area (Å²) < 4.78 is 22.6. The highest BCUT2D eigenvalue weighted by molar-refractivity contribution is 8.77. The van der Waals surface area contributed by atoms with E-state index in [-0.39, 0.29) is 118 Å². The first-order chi connectivity index (χ1) is 37.2. The van der Waals surface area contributed by atoms with Crippen molar-refractivity contribution in [3.63, 3.8) is 0 Å². The van der Waals surface area contributed by atoms with Crippen molar-refractivity contribution in [1.82, 2.24) is 41.7 Å². The van der Waals surface area contributed by atoms with Crippen molar-refractivity contribution in [2.24, 2.45) is 0 Å². The lowest BCUT2D eigenvalue weighted by Gasteiger charge is -2.37. The lowest BCUT2D eigenvalue weighted by molar-refractivity contribution is -0.125. The summed E-state index contributed by atoms with van der Waals surface area (Å²) in [7, 11) is 8.55. The van der Waals surface area contributed by atoms with Crippen LogP contribution < -0.4 is 41.4 Å². The van der Waals surface area contributed by atoms with E-state index in [0.717, 1.165) is 9.80 Å². The molecule has 0 bridgehead atoms. The van der Waals surface area contributed by atoms with Gasteiger partial charge in [0.1, 0.15) is 46.9 Å². The van der Waals surface area contributed by atoms with Crippen LogP contribution in [-0.4, -0.2) is 166 Å². The standard InChI is InChI=1S/C54H80N8O14S4/c1-17-73-35-25-29-38-37-30(46(68)61(47(69)39(35)37)33(43(65)55-15)21-19-23-57-41(63)31(27-77-79-53(9,10)11)59-49(71)75-51(3,4)5)26-36(74-18-2)40(38)48(70)62(45(29)67)34(44(66)56-16)22-20-24-58-42(64)32(28-78-80-54(12,13)14)60-50(72)76-52(6,7)8/h25-26,31-34H,17-24,27-28H2,1-16H3,(H,55,65)(H,56,66)(H,57,63)(H,58,64)(H,59,71)(H,60,72)/t31-,32-,33+,34+/m0/s1. The molecule has 0 radical (unpaired) electrons. The van der Waals surface area contributed by atoms with Crippen molar-refractivity contribution < 1.29 is 66.9 Å². The summed E-state index contributed by atoms with van der Waals surface area (Å²) in [5.74, 6) is -6.13. The number of likely N-dealkylation sites (N-methyl/N-ethyl adjacent to an activating group) is 2. The summed E-state index contributed by atoms with van der Waals surface area (Å²) in [6.45, 7) is 25.4. The average Bonchev–Trinajstić information content (AvgIpc) is 3.54. The molecule has 2 aromatic rings. The van der Waals surface area contributed by atoms with E-state index < -0.39 is 94.8 Å². The lowest BCUT2D eigenvalue weighted by Crippen LogP contribution is -2.55. The van der Waals surface area contributed by atoms with Gasteiger partial charge in [-0.1, -0.05) is 84.7 Å². The highest BCUT2D eigenvalue weighted by atomic mass is 33.1. The third-order valence-corrected chi connectivity index (χ3v) is 18.1. The van der Waals surface area contributed by atoms with Crippen molar-refractivity contribution in [3.05, 3.63) is 34.4 Å². The molecule has 2 aliphatic rings. The molecule has 0 unspecified atom stereocenters. The summed E-state index contributed by atoms with van der Waals surface area (Å²) in [6.07, 6.45) is -1.68. The first-order valence-electron chi connectivity index (χ1n) is 26.5. The number of carbonyl (C=O) groups is 10. The van der Waals surface area contributed by atoms with E-state index in [4.69, 9.17) is 18.9 Å². The number of nitrogens with zero attached hydrogens (tertiary/aromatic N) is 2. The van der Waals surface area contributed by atoms with Crippen LogP contribution in [0.2, 0.25) is 0 Å². The van der Waals surface area contributed by atoms with Crippen LogP contribution in [0.3, 0.4) is 0 Å². The van der Waals surface area contributed by atoms with Crippen LogP contribution in [0.5, 0.6) is 11.5 Å². The number of hydrogen-bond acceptors (Lipinski definition) is 18. The van der Waals surface area contributed by atoms with Gasteiger partial charge in [0.25, 0.3) is 23.6 Å². The molecule has 0 aliphatic carbocycles. The van der Waals surface area contributed by atoms with Crippen molar-refractivity contribution in [2.75, 3.05) is 51.9 Å². The summed E-state index contributed by atoms with van der Waals surface area (Å²) in [5, 5.41) is 15.8. The summed E-state index contributed by atoms with van der Waals surface area (Å²) in [6, 6.07) is -2.33. The SMILES string of the molecule is CCOc1cc2c3c(c(OCC)cc4c3c1C(=O)N([C@H](CCCNC(=O)[C@H](CSSC(C)(C)C)NC(=O)OC(C)(C)C)C(=O)NC)C4=O)C(=O)N([C@H](CCCNC(=O)[C@H](CSSC(C)(C)C)NC(=O)OC(C)(C)C)C(=O)NC)C2=O. The molecule has 0 saturated carbocycles. The number of ether oxygens (including phenoxy) is 4. The topological polar surface area (TPSA) is 286 Å². The highest BCUT2D eigenvalue weighted by Gasteiger charge is 2.48. The molecular formula is C54H80N8O14S4. The third-order valence-electron chi connectivity index (χ3n) is 11.4. The van der Waals surface area contributed by atoms with E-state index in [1.807, 2.05) is 41.5 Å². The number of amides is 10. The fourth-order valence-electron chi connectivity index (χ4n) is 8.31. The molecule has 4 rings (SSSR count). The number of imide groups is 2. The van der Waals surface area contributed by atoms with Crippen molar-refractivity contribution >= 4 is 113 Å². The molecule has 6 N–H and O–H groups in total. The van der Waals surface area contributed by atoms with Crippen molar-refractivity contribution in [1.29, 1.82) is 0 Å². The lowest BCUT2D eigenvalue weighted by atomic mass is 9.83. The van der Waals surface area contributed by atoms with E-state index in [2.05, 4.69) is 31.9 Å². The van der Waals surface area contributed by atoms with Gasteiger partial charge in [0, 0.05) is 59.0 Å². The normalized spacial score (nSPS) is 15.1. The van der Waals surface area contributed by atoms with Gasteiger partial charge in [-0.2, -0.15) is 0 Å². The van der Waals surface area contributed by atoms with E-state index >= 15 is 9.59 Å². The van der Waals surface area contributed by atoms with E-state index in [9.17, 15) is 38.4 Å². The van der Waals surface area contributed by atoms with Crippen LogP contribution in [0, 0.1) is 0 Å². The molecular weight excluding hydrogens is 1110 g/mol. The van der Waals surface area contributed by atoms with Crippen LogP contribution in [-0.2, 0) is 28.7 Å². The zero-order valence-electron chi connectivity index (χ0n) is 48.8. The van der Waals surface area contributed by atoms with Gasteiger partial charge in [-0.05, 0) is 93.2 Å². The van der Waals surface area contributed by atoms with Crippen LogP contribution >= 0.6 is 43.2 Å². The first kappa shape index (κ1) is 66.9.